The predicted octanol–water partition coefficient (Wildman–Crippen LogP) is 3.81. The number of likely N-dealkylation sites (tertiary alicyclic amines) is 1. The minimum Gasteiger partial charge on any atom is -0.497 e. The molecule has 1 aliphatic heterocycles. The van der Waals surface area contributed by atoms with Crippen LogP contribution < -0.4 is 10.1 Å². The van der Waals surface area contributed by atoms with E-state index in [1.807, 2.05) is 12.1 Å². The summed E-state index contributed by atoms with van der Waals surface area (Å²) in [6.07, 6.45) is 4.39. The fourth-order valence-corrected chi connectivity index (χ4v) is 3.17. The zero-order chi connectivity index (χ0) is 16.7. The molecule has 0 bridgehead atoms. The van der Waals surface area contributed by atoms with Crippen molar-refractivity contribution >= 4 is 18.3 Å². The van der Waals surface area contributed by atoms with Crippen molar-refractivity contribution < 1.29 is 9.53 Å². The number of rotatable bonds is 7. The molecule has 0 aliphatic carbocycles. The lowest BCUT2D eigenvalue weighted by Gasteiger charge is -2.35. The second kappa shape index (κ2) is 10.6. The molecule has 1 heterocycles. The molecule has 0 spiro atoms. The summed E-state index contributed by atoms with van der Waals surface area (Å²) in [5.74, 6) is 1.41. The highest BCUT2D eigenvalue weighted by Gasteiger charge is 2.23. The topological polar surface area (TPSA) is 41.6 Å². The lowest BCUT2D eigenvalue weighted by molar-refractivity contribution is -0.122. The summed E-state index contributed by atoms with van der Waals surface area (Å²) in [5, 5.41) is 3.13. The van der Waals surface area contributed by atoms with E-state index < -0.39 is 0 Å². The van der Waals surface area contributed by atoms with Crippen molar-refractivity contribution in [3.63, 3.8) is 0 Å². The van der Waals surface area contributed by atoms with Crippen LogP contribution in [0.25, 0.3) is 0 Å². The highest BCUT2D eigenvalue weighted by molar-refractivity contribution is 5.85. The summed E-state index contributed by atoms with van der Waals surface area (Å²) in [6, 6.07) is 8.49. The first kappa shape index (κ1) is 20.8. The maximum absolute atomic E-state index is 12.0. The molecule has 24 heavy (non-hydrogen) atoms. The number of amides is 1. The molecule has 0 saturated carbocycles. The first-order chi connectivity index (χ1) is 11.1. The second-order valence-electron chi connectivity index (χ2n) is 6.79. The summed E-state index contributed by atoms with van der Waals surface area (Å²) in [4.78, 5) is 14.5. The van der Waals surface area contributed by atoms with Crippen LogP contribution in [0.5, 0.6) is 5.75 Å². The van der Waals surface area contributed by atoms with E-state index in [4.69, 9.17) is 4.74 Å². The number of halogens is 1. The smallest absolute Gasteiger partial charge is 0.220 e. The number of carbonyl (C=O) groups is 1. The monoisotopic (exact) mass is 354 g/mol. The Morgan fingerprint density at radius 2 is 1.79 bits per heavy atom. The van der Waals surface area contributed by atoms with Crippen LogP contribution in [0.4, 0.5) is 0 Å². The van der Waals surface area contributed by atoms with Gasteiger partial charge in [0.25, 0.3) is 0 Å². The van der Waals surface area contributed by atoms with Gasteiger partial charge in [-0.15, -0.1) is 12.4 Å². The van der Waals surface area contributed by atoms with Gasteiger partial charge in [-0.05, 0) is 49.5 Å². The molecule has 1 atom stereocenters. The van der Waals surface area contributed by atoms with E-state index in [1.54, 1.807) is 7.11 Å². The van der Waals surface area contributed by atoms with Gasteiger partial charge in [-0.1, -0.05) is 32.4 Å². The standard InChI is InChI=1S/C19H30N2O2.ClH/c1-15(2)13-19(22)20-14-18(21-11-5-4-6-12-21)16-7-9-17(23-3)10-8-16;/h7-10,15,18H,4-6,11-14H2,1-3H3,(H,20,22);1H. The van der Waals surface area contributed by atoms with Crippen molar-refractivity contribution in [1.29, 1.82) is 0 Å². The number of hydrogen-bond acceptors (Lipinski definition) is 3. The Hall–Kier alpha value is -1.26. The second-order valence-corrected chi connectivity index (χ2v) is 6.79. The van der Waals surface area contributed by atoms with Crippen LogP contribution in [0.1, 0.15) is 51.1 Å². The average molecular weight is 355 g/mol. The van der Waals surface area contributed by atoms with E-state index in [0.717, 1.165) is 18.8 Å². The zero-order valence-corrected chi connectivity index (χ0v) is 15.9. The third-order valence-electron chi connectivity index (χ3n) is 4.42. The fraction of sp³-hybridized carbons (Fsp3) is 0.632. The Bertz CT molecular complexity index is 485. The average Bonchev–Trinajstić information content (AvgIpc) is 2.56. The molecule has 1 aromatic rings. The quantitative estimate of drug-likeness (QED) is 0.809. The molecular formula is C19H31ClN2O2. The number of ether oxygens (including phenoxy) is 1. The number of piperidine rings is 1. The SMILES string of the molecule is COc1ccc(C(CNC(=O)CC(C)C)N2CCCCC2)cc1.Cl. The first-order valence-corrected chi connectivity index (χ1v) is 8.75. The molecule has 136 valence electrons. The molecule has 5 heteroatoms. The maximum atomic E-state index is 12.0. The van der Waals surface area contributed by atoms with Gasteiger partial charge < -0.3 is 10.1 Å². The van der Waals surface area contributed by atoms with Gasteiger partial charge in [0, 0.05) is 13.0 Å². The number of methoxy groups -OCH3 is 1. The van der Waals surface area contributed by atoms with E-state index in [1.165, 1.54) is 24.8 Å². The van der Waals surface area contributed by atoms with Crippen LogP contribution in [0, 0.1) is 5.92 Å². The van der Waals surface area contributed by atoms with Crippen LogP contribution in [0.15, 0.2) is 24.3 Å². The molecule has 1 aliphatic rings. The largest absolute Gasteiger partial charge is 0.497 e. The lowest BCUT2D eigenvalue weighted by Crippen LogP contribution is -2.40. The highest BCUT2D eigenvalue weighted by atomic mass is 35.5. The van der Waals surface area contributed by atoms with Crippen molar-refractivity contribution in [3.8, 4) is 5.75 Å². The molecule has 1 amide bonds. The van der Waals surface area contributed by atoms with Crippen molar-refractivity contribution in [2.24, 2.45) is 5.92 Å². The van der Waals surface area contributed by atoms with Crippen LogP contribution in [0.3, 0.4) is 0 Å². The van der Waals surface area contributed by atoms with Gasteiger partial charge in [-0.3, -0.25) is 9.69 Å². The predicted molar refractivity (Wildman–Crippen MR) is 101 cm³/mol. The molecule has 1 aromatic carbocycles. The summed E-state index contributed by atoms with van der Waals surface area (Å²) < 4.78 is 5.25. The maximum Gasteiger partial charge on any atom is 0.220 e. The van der Waals surface area contributed by atoms with E-state index in [-0.39, 0.29) is 24.4 Å². The van der Waals surface area contributed by atoms with Crippen molar-refractivity contribution in [2.45, 2.75) is 45.6 Å². The third kappa shape index (κ3) is 6.33. The lowest BCUT2D eigenvalue weighted by atomic mass is 10.0. The molecule has 0 aromatic heterocycles. The van der Waals surface area contributed by atoms with Gasteiger partial charge in [0.15, 0.2) is 0 Å². The number of nitrogens with zero attached hydrogens (tertiary/aromatic N) is 1. The van der Waals surface area contributed by atoms with E-state index in [0.29, 0.717) is 18.9 Å². The molecule has 1 N–H and O–H groups in total. The highest BCUT2D eigenvalue weighted by Crippen LogP contribution is 2.25. The zero-order valence-electron chi connectivity index (χ0n) is 15.1. The van der Waals surface area contributed by atoms with Gasteiger partial charge in [0.1, 0.15) is 5.75 Å². The molecule has 1 saturated heterocycles. The fourth-order valence-electron chi connectivity index (χ4n) is 3.17. The van der Waals surface area contributed by atoms with Crippen molar-refractivity contribution in [2.75, 3.05) is 26.7 Å². The Morgan fingerprint density at radius 3 is 2.33 bits per heavy atom. The molecule has 0 radical (unpaired) electrons. The number of benzene rings is 1. The van der Waals surface area contributed by atoms with Gasteiger partial charge in [-0.25, -0.2) is 0 Å². The number of nitrogens with one attached hydrogen (secondary N) is 1. The van der Waals surface area contributed by atoms with Crippen LogP contribution in [-0.2, 0) is 4.79 Å². The van der Waals surface area contributed by atoms with Crippen molar-refractivity contribution in [1.82, 2.24) is 10.2 Å². The molecule has 1 fully saturated rings. The summed E-state index contributed by atoms with van der Waals surface area (Å²) in [7, 11) is 1.68. The number of hydrogen-bond donors (Lipinski definition) is 1. The van der Waals surface area contributed by atoms with Crippen LogP contribution in [-0.4, -0.2) is 37.6 Å². The molecular weight excluding hydrogens is 324 g/mol. The van der Waals surface area contributed by atoms with Crippen molar-refractivity contribution in [3.05, 3.63) is 29.8 Å². The van der Waals surface area contributed by atoms with E-state index in [2.05, 4.69) is 36.2 Å². The Kier molecular flexibility index (Phi) is 9.16. The third-order valence-corrected chi connectivity index (χ3v) is 4.42. The van der Waals surface area contributed by atoms with E-state index in [9.17, 15) is 4.79 Å². The van der Waals surface area contributed by atoms with Gasteiger partial charge in [0.05, 0.1) is 13.2 Å². The van der Waals surface area contributed by atoms with Crippen LogP contribution in [0.2, 0.25) is 0 Å². The summed E-state index contributed by atoms with van der Waals surface area (Å²) in [5.41, 5.74) is 1.25. The van der Waals surface area contributed by atoms with Crippen LogP contribution >= 0.6 is 12.4 Å². The van der Waals surface area contributed by atoms with Gasteiger partial charge >= 0.3 is 0 Å². The van der Waals surface area contributed by atoms with E-state index >= 15 is 0 Å². The summed E-state index contributed by atoms with van der Waals surface area (Å²) >= 11 is 0. The molecule has 2 rings (SSSR count). The minimum atomic E-state index is 0. The number of carbonyl (C=O) groups excluding carboxylic acids is 1. The minimum absolute atomic E-state index is 0. The van der Waals surface area contributed by atoms with Gasteiger partial charge in [-0.2, -0.15) is 0 Å². The summed E-state index contributed by atoms with van der Waals surface area (Å²) in [6.45, 7) is 7.04. The Labute approximate surface area is 152 Å². The molecule has 4 nitrogen and oxygen atoms in total. The normalized spacial score (nSPS) is 16.3. The first-order valence-electron chi connectivity index (χ1n) is 8.75. The molecule has 1 unspecified atom stereocenters. The Morgan fingerprint density at radius 1 is 1.17 bits per heavy atom. The van der Waals surface area contributed by atoms with Gasteiger partial charge in [0.2, 0.25) is 5.91 Å². The Balaban J connectivity index is 0.00000288.